The third-order valence-corrected chi connectivity index (χ3v) is 3.34. The molecule has 0 aliphatic rings. The van der Waals surface area contributed by atoms with Gasteiger partial charge in [-0.2, -0.15) is 0 Å². The first-order valence-electron chi connectivity index (χ1n) is 6.80. The normalized spacial score (nSPS) is 11.6. The van der Waals surface area contributed by atoms with Crippen molar-refractivity contribution >= 4 is 5.69 Å². The van der Waals surface area contributed by atoms with Gasteiger partial charge in [0.15, 0.2) is 0 Å². The largest absolute Gasteiger partial charge is 0.497 e. The lowest BCUT2D eigenvalue weighted by molar-refractivity contribution is 0.394. The van der Waals surface area contributed by atoms with Crippen LogP contribution in [-0.2, 0) is 0 Å². The fourth-order valence-corrected chi connectivity index (χ4v) is 2.24. The van der Waals surface area contributed by atoms with Crippen molar-refractivity contribution < 1.29 is 14.2 Å². The molecule has 2 aromatic rings. The summed E-state index contributed by atoms with van der Waals surface area (Å²) < 4.78 is 16.0. The van der Waals surface area contributed by atoms with Gasteiger partial charge in [0.25, 0.3) is 0 Å². The second-order valence-corrected chi connectivity index (χ2v) is 4.71. The SMILES string of the molecule is COc1cc(NC(C)c2ccccc2OC)cc(OC)c1. The summed E-state index contributed by atoms with van der Waals surface area (Å²) >= 11 is 0. The maximum atomic E-state index is 5.40. The van der Waals surface area contributed by atoms with E-state index < -0.39 is 0 Å². The summed E-state index contributed by atoms with van der Waals surface area (Å²) in [6.45, 7) is 2.09. The summed E-state index contributed by atoms with van der Waals surface area (Å²) in [5.74, 6) is 2.38. The van der Waals surface area contributed by atoms with Crippen LogP contribution in [0.5, 0.6) is 17.2 Å². The number of benzene rings is 2. The van der Waals surface area contributed by atoms with Gasteiger partial charge in [-0.1, -0.05) is 18.2 Å². The summed E-state index contributed by atoms with van der Waals surface area (Å²) in [4.78, 5) is 0. The van der Waals surface area contributed by atoms with E-state index in [0.717, 1.165) is 28.5 Å². The molecule has 0 aliphatic carbocycles. The molecule has 0 spiro atoms. The van der Waals surface area contributed by atoms with Gasteiger partial charge >= 0.3 is 0 Å². The van der Waals surface area contributed by atoms with Crippen LogP contribution >= 0.6 is 0 Å². The molecule has 0 aromatic heterocycles. The van der Waals surface area contributed by atoms with Crippen molar-refractivity contribution in [3.05, 3.63) is 48.0 Å². The van der Waals surface area contributed by atoms with Crippen LogP contribution in [0.1, 0.15) is 18.5 Å². The van der Waals surface area contributed by atoms with E-state index in [4.69, 9.17) is 14.2 Å². The lowest BCUT2D eigenvalue weighted by atomic mass is 10.1. The first-order chi connectivity index (χ1) is 10.2. The van der Waals surface area contributed by atoms with Crippen LogP contribution in [0.4, 0.5) is 5.69 Å². The fraction of sp³-hybridized carbons (Fsp3) is 0.294. The maximum Gasteiger partial charge on any atom is 0.124 e. The molecular formula is C17H21NO3. The lowest BCUT2D eigenvalue weighted by Crippen LogP contribution is -2.08. The topological polar surface area (TPSA) is 39.7 Å². The average Bonchev–Trinajstić information content (AvgIpc) is 2.54. The summed E-state index contributed by atoms with van der Waals surface area (Å²) in [6.07, 6.45) is 0. The Morgan fingerprint density at radius 3 is 2.05 bits per heavy atom. The number of ether oxygens (including phenoxy) is 3. The van der Waals surface area contributed by atoms with E-state index in [-0.39, 0.29) is 6.04 Å². The zero-order chi connectivity index (χ0) is 15.2. The number of para-hydroxylation sites is 1. The molecule has 1 atom stereocenters. The van der Waals surface area contributed by atoms with Gasteiger partial charge in [-0.3, -0.25) is 0 Å². The van der Waals surface area contributed by atoms with Crippen molar-refractivity contribution in [1.29, 1.82) is 0 Å². The van der Waals surface area contributed by atoms with E-state index in [9.17, 15) is 0 Å². The Morgan fingerprint density at radius 2 is 1.48 bits per heavy atom. The Labute approximate surface area is 125 Å². The van der Waals surface area contributed by atoms with Gasteiger partial charge < -0.3 is 19.5 Å². The highest BCUT2D eigenvalue weighted by Crippen LogP contribution is 2.31. The Hall–Kier alpha value is -2.36. The molecule has 0 radical (unpaired) electrons. The van der Waals surface area contributed by atoms with Gasteiger partial charge in [0.1, 0.15) is 17.2 Å². The van der Waals surface area contributed by atoms with Crippen LogP contribution in [0.2, 0.25) is 0 Å². The van der Waals surface area contributed by atoms with E-state index in [2.05, 4.69) is 12.2 Å². The second-order valence-electron chi connectivity index (χ2n) is 4.71. The first-order valence-corrected chi connectivity index (χ1v) is 6.80. The monoisotopic (exact) mass is 287 g/mol. The van der Waals surface area contributed by atoms with Gasteiger partial charge in [0.2, 0.25) is 0 Å². The Kier molecular flexibility index (Phi) is 4.93. The summed E-state index contributed by atoms with van der Waals surface area (Å²) in [6, 6.07) is 13.8. The molecule has 4 heteroatoms. The second kappa shape index (κ2) is 6.88. The van der Waals surface area contributed by atoms with Crippen molar-refractivity contribution in [2.45, 2.75) is 13.0 Å². The van der Waals surface area contributed by atoms with Crippen LogP contribution in [0.15, 0.2) is 42.5 Å². The smallest absolute Gasteiger partial charge is 0.124 e. The minimum Gasteiger partial charge on any atom is -0.497 e. The zero-order valence-electron chi connectivity index (χ0n) is 12.8. The molecule has 0 bridgehead atoms. The van der Waals surface area contributed by atoms with Crippen LogP contribution in [0.3, 0.4) is 0 Å². The van der Waals surface area contributed by atoms with Crippen molar-refractivity contribution in [3.63, 3.8) is 0 Å². The van der Waals surface area contributed by atoms with Crippen LogP contribution < -0.4 is 19.5 Å². The summed E-state index contributed by atoms with van der Waals surface area (Å²) in [5.41, 5.74) is 2.03. The average molecular weight is 287 g/mol. The molecular weight excluding hydrogens is 266 g/mol. The van der Waals surface area contributed by atoms with Gasteiger partial charge in [-0.05, 0) is 13.0 Å². The van der Waals surface area contributed by atoms with Gasteiger partial charge in [0.05, 0.1) is 27.4 Å². The minimum absolute atomic E-state index is 0.0953. The third kappa shape index (κ3) is 3.60. The van der Waals surface area contributed by atoms with E-state index in [1.807, 2.05) is 42.5 Å². The molecule has 0 saturated heterocycles. The highest BCUT2D eigenvalue weighted by Gasteiger charge is 2.11. The van der Waals surface area contributed by atoms with Crippen molar-refractivity contribution in [1.82, 2.24) is 0 Å². The van der Waals surface area contributed by atoms with Gasteiger partial charge in [-0.15, -0.1) is 0 Å². The Balaban J connectivity index is 2.24. The third-order valence-electron chi connectivity index (χ3n) is 3.34. The van der Waals surface area contributed by atoms with E-state index in [1.165, 1.54) is 0 Å². The lowest BCUT2D eigenvalue weighted by Gasteiger charge is -2.19. The molecule has 0 fully saturated rings. The fourth-order valence-electron chi connectivity index (χ4n) is 2.24. The predicted octanol–water partition coefficient (Wildman–Crippen LogP) is 3.89. The number of anilines is 1. The molecule has 0 saturated carbocycles. The summed E-state index contributed by atoms with van der Waals surface area (Å²) in [7, 11) is 4.96. The summed E-state index contributed by atoms with van der Waals surface area (Å²) in [5, 5.41) is 3.44. The molecule has 1 unspecified atom stereocenters. The Morgan fingerprint density at radius 1 is 0.857 bits per heavy atom. The molecule has 0 aliphatic heterocycles. The predicted molar refractivity (Wildman–Crippen MR) is 84.6 cm³/mol. The zero-order valence-corrected chi connectivity index (χ0v) is 12.8. The van der Waals surface area contributed by atoms with Gasteiger partial charge in [-0.25, -0.2) is 0 Å². The van der Waals surface area contributed by atoms with Crippen LogP contribution in [0, 0.1) is 0 Å². The number of hydrogen-bond donors (Lipinski definition) is 1. The van der Waals surface area contributed by atoms with Crippen molar-refractivity contribution in [2.24, 2.45) is 0 Å². The van der Waals surface area contributed by atoms with E-state index >= 15 is 0 Å². The number of nitrogens with one attached hydrogen (secondary N) is 1. The molecule has 21 heavy (non-hydrogen) atoms. The number of rotatable bonds is 6. The van der Waals surface area contributed by atoms with E-state index in [0.29, 0.717) is 0 Å². The molecule has 2 aromatic carbocycles. The quantitative estimate of drug-likeness (QED) is 0.875. The van der Waals surface area contributed by atoms with Crippen molar-refractivity contribution in [3.8, 4) is 17.2 Å². The van der Waals surface area contributed by atoms with Gasteiger partial charge in [0, 0.05) is 29.4 Å². The molecule has 1 N–H and O–H groups in total. The number of methoxy groups -OCH3 is 3. The Bertz CT molecular complexity index is 576. The molecule has 2 rings (SSSR count). The number of hydrogen-bond acceptors (Lipinski definition) is 4. The maximum absolute atomic E-state index is 5.40. The van der Waals surface area contributed by atoms with Crippen molar-refractivity contribution in [2.75, 3.05) is 26.6 Å². The highest BCUT2D eigenvalue weighted by atomic mass is 16.5. The van der Waals surface area contributed by atoms with E-state index in [1.54, 1.807) is 21.3 Å². The molecule has 112 valence electrons. The van der Waals surface area contributed by atoms with Crippen LogP contribution in [-0.4, -0.2) is 21.3 Å². The molecule has 4 nitrogen and oxygen atoms in total. The highest BCUT2D eigenvalue weighted by molar-refractivity contribution is 5.55. The minimum atomic E-state index is 0.0953. The standard InChI is InChI=1S/C17H21NO3/c1-12(16-7-5-6-8-17(16)21-4)18-13-9-14(19-2)11-15(10-13)20-3/h5-12,18H,1-4H3. The van der Waals surface area contributed by atoms with Crippen LogP contribution in [0.25, 0.3) is 0 Å². The molecule has 0 amide bonds. The first kappa shape index (κ1) is 15.0. The molecule has 0 heterocycles.